The van der Waals surface area contributed by atoms with E-state index in [0.29, 0.717) is 12.3 Å². The van der Waals surface area contributed by atoms with Crippen molar-refractivity contribution in [2.45, 2.75) is 6.92 Å². The summed E-state index contributed by atoms with van der Waals surface area (Å²) in [6.07, 6.45) is 0. The second kappa shape index (κ2) is 6.03. The lowest BCUT2D eigenvalue weighted by atomic mass is 10.2. The lowest BCUT2D eigenvalue weighted by molar-refractivity contribution is -0.379. The van der Waals surface area contributed by atoms with Crippen molar-refractivity contribution in [3.8, 4) is 5.75 Å². The number of nitrogens with one attached hydrogen (secondary N) is 1. The van der Waals surface area contributed by atoms with Crippen molar-refractivity contribution in [2.75, 3.05) is 11.9 Å². The Labute approximate surface area is 131 Å². The first-order chi connectivity index (χ1) is 10.7. The van der Waals surface area contributed by atoms with E-state index in [4.69, 9.17) is 4.74 Å². The Morgan fingerprint density at radius 2 is 1.91 bits per heavy atom. The molecular formula is C16H14N2O3S. The second-order valence-electron chi connectivity index (χ2n) is 4.62. The Balaban J connectivity index is 1.98. The number of anilines is 2. The van der Waals surface area contributed by atoms with Crippen LogP contribution >= 0.6 is 11.3 Å². The van der Waals surface area contributed by atoms with Crippen molar-refractivity contribution >= 4 is 37.8 Å². The minimum Gasteiger partial charge on any atom is -0.494 e. The van der Waals surface area contributed by atoms with Crippen LogP contribution in [0.15, 0.2) is 48.5 Å². The summed E-state index contributed by atoms with van der Waals surface area (Å²) in [5, 5.41) is 15.4. The van der Waals surface area contributed by atoms with Crippen molar-refractivity contribution in [3.05, 3.63) is 58.6 Å². The van der Waals surface area contributed by atoms with Crippen molar-refractivity contribution in [1.29, 1.82) is 0 Å². The van der Waals surface area contributed by atoms with Gasteiger partial charge in [-0.2, -0.15) is 0 Å². The molecule has 0 radical (unpaired) electrons. The lowest BCUT2D eigenvalue weighted by Crippen LogP contribution is -1.95. The predicted octanol–water partition coefficient (Wildman–Crippen LogP) is 4.95. The molecule has 0 aliphatic heterocycles. The van der Waals surface area contributed by atoms with E-state index in [1.54, 1.807) is 0 Å². The van der Waals surface area contributed by atoms with E-state index < -0.39 is 0 Å². The van der Waals surface area contributed by atoms with Crippen LogP contribution in [0.25, 0.3) is 10.1 Å². The Morgan fingerprint density at radius 3 is 2.59 bits per heavy atom. The van der Waals surface area contributed by atoms with E-state index in [1.807, 2.05) is 55.5 Å². The molecule has 0 fully saturated rings. The van der Waals surface area contributed by atoms with Crippen LogP contribution in [0.3, 0.4) is 0 Å². The highest BCUT2D eigenvalue weighted by atomic mass is 32.1. The van der Waals surface area contributed by atoms with Crippen LogP contribution in [-0.2, 0) is 0 Å². The Bertz CT molecular complexity index is 812. The van der Waals surface area contributed by atoms with Crippen LogP contribution in [-0.4, -0.2) is 11.5 Å². The Kier molecular flexibility index (Phi) is 3.93. The topological polar surface area (TPSA) is 64.4 Å². The maximum absolute atomic E-state index is 11.3. The van der Waals surface area contributed by atoms with Gasteiger partial charge in [0.1, 0.15) is 11.4 Å². The van der Waals surface area contributed by atoms with Crippen LogP contribution in [0.5, 0.6) is 5.75 Å². The van der Waals surface area contributed by atoms with Crippen LogP contribution in [0.2, 0.25) is 0 Å². The summed E-state index contributed by atoms with van der Waals surface area (Å²) in [5.74, 6) is 0.776. The normalized spacial score (nSPS) is 10.6. The van der Waals surface area contributed by atoms with Gasteiger partial charge in [-0.25, -0.2) is 0 Å². The Morgan fingerprint density at radius 1 is 1.18 bits per heavy atom. The van der Waals surface area contributed by atoms with E-state index in [0.717, 1.165) is 21.5 Å². The van der Waals surface area contributed by atoms with Gasteiger partial charge in [-0.05, 0) is 37.3 Å². The number of hydrogen-bond donors (Lipinski definition) is 1. The number of rotatable bonds is 5. The molecule has 0 amide bonds. The van der Waals surface area contributed by atoms with Gasteiger partial charge in [0, 0.05) is 15.8 Å². The predicted molar refractivity (Wildman–Crippen MR) is 89.4 cm³/mol. The maximum atomic E-state index is 11.3. The fraction of sp³-hybridized carbons (Fsp3) is 0.125. The van der Waals surface area contributed by atoms with Gasteiger partial charge in [-0.1, -0.05) is 29.5 Å². The molecule has 2 aromatic carbocycles. The molecule has 1 N–H and O–H groups in total. The first kappa shape index (κ1) is 14.3. The largest absolute Gasteiger partial charge is 0.494 e. The summed E-state index contributed by atoms with van der Waals surface area (Å²) in [6, 6.07) is 14.9. The summed E-state index contributed by atoms with van der Waals surface area (Å²) in [7, 11) is 0. The number of fused-ring (bicyclic) bond motifs is 1. The summed E-state index contributed by atoms with van der Waals surface area (Å²) < 4.78 is 6.29. The average molecular weight is 314 g/mol. The number of nitrogens with zero attached hydrogens (tertiary/aromatic N) is 1. The monoisotopic (exact) mass is 314 g/mol. The Hall–Kier alpha value is -2.60. The van der Waals surface area contributed by atoms with Gasteiger partial charge < -0.3 is 10.1 Å². The van der Waals surface area contributed by atoms with Gasteiger partial charge in [0.15, 0.2) is 0 Å². The van der Waals surface area contributed by atoms with Crippen molar-refractivity contribution in [3.63, 3.8) is 0 Å². The van der Waals surface area contributed by atoms with E-state index in [2.05, 4.69) is 5.32 Å². The third-order valence-electron chi connectivity index (χ3n) is 3.18. The molecule has 5 nitrogen and oxygen atoms in total. The van der Waals surface area contributed by atoms with E-state index in [9.17, 15) is 10.1 Å². The van der Waals surface area contributed by atoms with Crippen LogP contribution in [0, 0.1) is 10.1 Å². The second-order valence-corrected chi connectivity index (χ2v) is 5.65. The third-order valence-corrected chi connectivity index (χ3v) is 4.30. The average Bonchev–Trinajstić information content (AvgIpc) is 2.89. The highest BCUT2D eigenvalue weighted by molar-refractivity contribution is 7.23. The molecule has 22 heavy (non-hydrogen) atoms. The fourth-order valence-electron chi connectivity index (χ4n) is 2.23. The minimum absolute atomic E-state index is 0.120. The number of nitro groups is 1. The van der Waals surface area contributed by atoms with E-state index in [1.165, 1.54) is 11.3 Å². The molecule has 112 valence electrons. The summed E-state index contributed by atoms with van der Waals surface area (Å²) in [6.45, 7) is 2.53. The van der Waals surface area contributed by atoms with Crippen LogP contribution < -0.4 is 10.1 Å². The molecule has 1 heterocycles. The zero-order valence-electron chi connectivity index (χ0n) is 11.9. The van der Waals surface area contributed by atoms with Gasteiger partial charge >= 0.3 is 5.00 Å². The SMILES string of the molecule is CCOc1ccc(Nc2c([N+](=O)[O-])sc3ccccc23)cc1. The van der Waals surface area contributed by atoms with Gasteiger partial charge in [-0.3, -0.25) is 10.1 Å². The van der Waals surface area contributed by atoms with E-state index in [-0.39, 0.29) is 9.92 Å². The van der Waals surface area contributed by atoms with Crippen LogP contribution in [0.1, 0.15) is 6.92 Å². The highest BCUT2D eigenvalue weighted by Crippen LogP contribution is 2.42. The maximum Gasteiger partial charge on any atom is 0.348 e. The molecule has 0 unspecified atom stereocenters. The molecule has 3 rings (SSSR count). The molecule has 0 bridgehead atoms. The quantitative estimate of drug-likeness (QED) is 0.534. The van der Waals surface area contributed by atoms with Gasteiger partial charge in [0.05, 0.1) is 11.5 Å². The first-order valence-electron chi connectivity index (χ1n) is 6.85. The summed E-state index contributed by atoms with van der Waals surface area (Å²) >= 11 is 1.18. The molecule has 0 spiro atoms. The number of thiophene rings is 1. The van der Waals surface area contributed by atoms with Crippen LogP contribution in [0.4, 0.5) is 16.4 Å². The molecule has 1 aromatic heterocycles. The van der Waals surface area contributed by atoms with Crippen molar-refractivity contribution in [1.82, 2.24) is 0 Å². The zero-order chi connectivity index (χ0) is 15.5. The van der Waals surface area contributed by atoms with Crippen molar-refractivity contribution in [2.24, 2.45) is 0 Å². The molecule has 0 aliphatic carbocycles. The van der Waals surface area contributed by atoms with Gasteiger partial charge in [0.2, 0.25) is 0 Å². The molecule has 0 atom stereocenters. The highest BCUT2D eigenvalue weighted by Gasteiger charge is 2.21. The summed E-state index contributed by atoms with van der Waals surface area (Å²) in [5.41, 5.74) is 1.32. The molecule has 6 heteroatoms. The van der Waals surface area contributed by atoms with Gasteiger partial charge in [-0.15, -0.1) is 0 Å². The first-order valence-corrected chi connectivity index (χ1v) is 7.66. The molecule has 0 aliphatic rings. The number of ether oxygens (including phenoxy) is 1. The number of benzene rings is 2. The summed E-state index contributed by atoms with van der Waals surface area (Å²) in [4.78, 5) is 10.9. The molecule has 0 saturated carbocycles. The van der Waals surface area contributed by atoms with Gasteiger partial charge in [0.25, 0.3) is 0 Å². The third kappa shape index (κ3) is 2.73. The standard InChI is InChI=1S/C16H14N2O3S/c1-2-21-12-9-7-11(8-10-12)17-15-13-5-3-4-6-14(13)22-16(15)18(19)20/h3-10,17H,2H2,1H3. The fourth-order valence-corrected chi connectivity index (χ4v) is 3.20. The molecular weight excluding hydrogens is 300 g/mol. The minimum atomic E-state index is -0.346. The van der Waals surface area contributed by atoms with Crippen molar-refractivity contribution < 1.29 is 9.66 Å². The smallest absolute Gasteiger partial charge is 0.348 e. The lowest BCUT2D eigenvalue weighted by Gasteiger charge is -2.07. The van der Waals surface area contributed by atoms with E-state index >= 15 is 0 Å². The molecule has 0 saturated heterocycles. The molecule has 3 aromatic rings. The zero-order valence-corrected chi connectivity index (χ0v) is 12.7. The number of hydrogen-bond acceptors (Lipinski definition) is 5.